The highest BCUT2D eigenvalue weighted by Crippen LogP contribution is 2.29. The molecule has 1 fully saturated rings. The van der Waals surface area contributed by atoms with Crippen molar-refractivity contribution in [1.29, 1.82) is 0 Å². The van der Waals surface area contributed by atoms with Crippen LogP contribution in [0.25, 0.3) is 0 Å². The zero-order valence-corrected chi connectivity index (χ0v) is 18.1. The van der Waals surface area contributed by atoms with E-state index in [0.717, 1.165) is 47.6 Å². The molecule has 1 aliphatic rings. The molecule has 3 nitrogen and oxygen atoms in total. The number of likely N-dealkylation sites (tertiary alicyclic amines) is 1. The smallest absolute Gasteiger partial charge is 0.122 e. The molecule has 0 radical (unpaired) electrons. The topological polar surface area (TPSA) is 32.7 Å². The molecule has 0 aromatic heterocycles. The first-order chi connectivity index (χ1) is 13.1. The summed E-state index contributed by atoms with van der Waals surface area (Å²) in [5.41, 5.74) is 3.63. The van der Waals surface area contributed by atoms with Gasteiger partial charge in [0, 0.05) is 22.1 Å². The molecule has 27 heavy (non-hydrogen) atoms. The molecule has 0 bridgehead atoms. The number of benzene rings is 2. The van der Waals surface area contributed by atoms with Crippen LogP contribution in [0.1, 0.15) is 36.0 Å². The van der Waals surface area contributed by atoms with Crippen molar-refractivity contribution in [2.75, 3.05) is 20.3 Å². The van der Waals surface area contributed by atoms with Crippen LogP contribution in [0.5, 0.6) is 5.75 Å². The Labute approximate surface area is 175 Å². The van der Waals surface area contributed by atoms with Crippen molar-refractivity contribution in [2.45, 2.75) is 44.7 Å². The minimum atomic E-state index is 0.227. The predicted octanol–water partition coefficient (Wildman–Crippen LogP) is 5.24. The Morgan fingerprint density at radius 2 is 2.04 bits per heavy atom. The van der Waals surface area contributed by atoms with Crippen LogP contribution in [-0.2, 0) is 19.4 Å². The van der Waals surface area contributed by atoms with Crippen molar-refractivity contribution in [2.24, 2.45) is 0 Å². The lowest BCUT2D eigenvalue weighted by Crippen LogP contribution is -2.41. The Morgan fingerprint density at radius 3 is 2.81 bits per heavy atom. The summed E-state index contributed by atoms with van der Waals surface area (Å²) < 4.78 is 6.56. The average Bonchev–Trinajstić information content (AvgIpc) is 2.68. The second kappa shape index (κ2) is 9.92. The molecule has 1 atom stereocenters. The summed E-state index contributed by atoms with van der Waals surface area (Å²) in [6.45, 7) is 2.11. The maximum Gasteiger partial charge on any atom is 0.122 e. The normalized spacial score (nSPS) is 17.9. The molecule has 1 aliphatic heterocycles. The Balaban J connectivity index is 1.79. The fourth-order valence-electron chi connectivity index (χ4n) is 3.93. The Morgan fingerprint density at radius 1 is 1.19 bits per heavy atom. The monoisotopic (exact) mass is 451 g/mol. The number of piperidine rings is 1. The Hall–Kier alpha value is -1.07. The van der Waals surface area contributed by atoms with Crippen molar-refractivity contribution in [1.82, 2.24) is 4.90 Å². The summed E-state index contributed by atoms with van der Waals surface area (Å²) in [6, 6.07) is 12.5. The number of hydrogen-bond acceptors (Lipinski definition) is 3. The van der Waals surface area contributed by atoms with E-state index in [1.54, 1.807) is 7.11 Å². The quantitative estimate of drug-likeness (QED) is 0.623. The van der Waals surface area contributed by atoms with Crippen molar-refractivity contribution in [3.63, 3.8) is 0 Å². The number of halogens is 2. The molecule has 3 rings (SSSR count). The lowest BCUT2D eigenvalue weighted by Gasteiger charge is -2.35. The van der Waals surface area contributed by atoms with Crippen LogP contribution < -0.4 is 4.74 Å². The number of methoxy groups -OCH3 is 1. The highest BCUT2D eigenvalue weighted by Gasteiger charge is 2.22. The number of aliphatic hydroxyl groups is 1. The van der Waals surface area contributed by atoms with Crippen LogP contribution in [0.15, 0.2) is 40.9 Å². The zero-order valence-electron chi connectivity index (χ0n) is 15.8. The molecule has 1 N–H and O–H groups in total. The number of aryl methyl sites for hydroxylation is 1. The molecule has 2 aromatic carbocycles. The van der Waals surface area contributed by atoms with E-state index in [0.29, 0.717) is 0 Å². The van der Waals surface area contributed by atoms with Crippen LogP contribution in [0, 0.1) is 0 Å². The van der Waals surface area contributed by atoms with E-state index in [1.807, 2.05) is 24.3 Å². The van der Waals surface area contributed by atoms with E-state index < -0.39 is 0 Å². The maximum absolute atomic E-state index is 9.71. The summed E-state index contributed by atoms with van der Waals surface area (Å²) in [4.78, 5) is 2.40. The molecule has 146 valence electrons. The first kappa shape index (κ1) is 20.7. The maximum atomic E-state index is 9.71. The number of nitrogens with zero attached hydrogens (tertiary/aromatic N) is 1. The Kier molecular flexibility index (Phi) is 7.59. The second-order valence-electron chi connectivity index (χ2n) is 7.14. The zero-order chi connectivity index (χ0) is 19.2. The van der Waals surface area contributed by atoms with Gasteiger partial charge in [0.05, 0.1) is 13.7 Å². The largest absolute Gasteiger partial charge is 0.496 e. The van der Waals surface area contributed by atoms with Gasteiger partial charge in [0.25, 0.3) is 0 Å². The molecule has 1 saturated heterocycles. The molecule has 0 saturated carbocycles. The third-order valence-electron chi connectivity index (χ3n) is 5.44. The van der Waals surface area contributed by atoms with E-state index in [-0.39, 0.29) is 12.6 Å². The van der Waals surface area contributed by atoms with Gasteiger partial charge in [0.15, 0.2) is 0 Å². The summed E-state index contributed by atoms with van der Waals surface area (Å²) >= 11 is 10.1. The van der Waals surface area contributed by atoms with Gasteiger partial charge in [-0.1, -0.05) is 46.1 Å². The fourth-order valence-corrected chi connectivity index (χ4v) is 4.62. The molecule has 2 aromatic rings. The van der Waals surface area contributed by atoms with Crippen molar-refractivity contribution in [3.05, 3.63) is 62.6 Å². The van der Waals surface area contributed by atoms with Gasteiger partial charge in [-0.2, -0.15) is 0 Å². The van der Waals surface area contributed by atoms with Gasteiger partial charge in [0.2, 0.25) is 0 Å². The minimum Gasteiger partial charge on any atom is -0.496 e. The van der Waals surface area contributed by atoms with E-state index in [2.05, 4.69) is 33.0 Å². The molecule has 1 unspecified atom stereocenters. The van der Waals surface area contributed by atoms with Gasteiger partial charge in [-0.3, -0.25) is 4.90 Å². The van der Waals surface area contributed by atoms with Crippen LogP contribution in [0.2, 0.25) is 5.02 Å². The van der Waals surface area contributed by atoms with E-state index in [4.69, 9.17) is 16.3 Å². The summed E-state index contributed by atoms with van der Waals surface area (Å²) in [5.74, 6) is 0.906. The molecule has 5 heteroatoms. The van der Waals surface area contributed by atoms with E-state index in [9.17, 15) is 5.11 Å². The van der Waals surface area contributed by atoms with Crippen LogP contribution in [0.3, 0.4) is 0 Å². The molecule has 0 amide bonds. The van der Waals surface area contributed by atoms with Gasteiger partial charge >= 0.3 is 0 Å². The summed E-state index contributed by atoms with van der Waals surface area (Å²) in [5, 5.41) is 10.5. The number of hydrogen-bond donors (Lipinski definition) is 1. The third-order valence-corrected chi connectivity index (χ3v) is 6.28. The van der Waals surface area contributed by atoms with Gasteiger partial charge in [-0.05, 0) is 73.2 Å². The number of ether oxygens (including phenoxy) is 1. The highest BCUT2D eigenvalue weighted by molar-refractivity contribution is 9.10. The first-order valence-corrected chi connectivity index (χ1v) is 10.7. The standard InChI is InChI=1S/C22H27BrClNO2/c1-27-22-11-9-18(23)13-16(22)8-10-20-17(5-4-7-21(20)24)14-25-12-3-2-6-19(25)15-26/h4-5,7,9,11,13,19,26H,2-3,6,8,10,12,14-15H2,1H3. The van der Waals surface area contributed by atoms with Crippen molar-refractivity contribution < 1.29 is 9.84 Å². The number of rotatable bonds is 7. The van der Waals surface area contributed by atoms with Crippen LogP contribution in [0.4, 0.5) is 0 Å². The van der Waals surface area contributed by atoms with Gasteiger partial charge in [-0.15, -0.1) is 0 Å². The molecule has 0 aliphatic carbocycles. The van der Waals surface area contributed by atoms with E-state index in [1.165, 1.54) is 29.5 Å². The number of aliphatic hydroxyl groups excluding tert-OH is 1. The van der Waals surface area contributed by atoms with Crippen molar-refractivity contribution >= 4 is 27.5 Å². The molecular weight excluding hydrogens is 426 g/mol. The van der Waals surface area contributed by atoms with Gasteiger partial charge < -0.3 is 9.84 Å². The van der Waals surface area contributed by atoms with E-state index >= 15 is 0 Å². The highest BCUT2D eigenvalue weighted by atomic mass is 79.9. The average molecular weight is 453 g/mol. The summed E-state index contributed by atoms with van der Waals surface area (Å²) in [6.07, 6.45) is 5.19. The third kappa shape index (κ3) is 5.26. The van der Waals surface area contributed by atoms with Gasteiger partial charge in [-0.25, -0.2) is 0 Å². The summed E-state index contributed by atoms with van der Waals surface area (Å²) in [7, 11) is 1.71. The SMILES string of the molecule is COc1ccc(Br)cc1CCc1c(Cl)cccc1CN1CCCCC1CO. The second-order valence-corrected chi connectivity index (χ2v) is 8.46. The van der Waals surface area contributed by atoms with Crippen LogP contribution in [-0.4, -0.2) is 36.3 Å². The molecule has 0 spiro atoms. The molecular formula is C22H27BrClNO2. The minimum absolute atomic E-state index is 0.227. The predicted molar refractivity (Wildman–Crippen MR) is 115 cm³/mol. The van der Waals surface area contributed by atoms with Gasteiger partial charge in [0.1, 0.15) is 5.75 Å². The lowest BCUT2D eigenvalue weighted by molar-refractivity contribution is 0.0839. The fraction of sp³-hybridized carbons (Fsp3) is 0.455. The van der Waals surface area contributed by atoms with Crippen molar-refractivity contribution in [3.8, 4) is 5.75 Å². The molecule has 1 heterocycles. The first-order valence-electron chi connectivity index (χ1n) is 9.56. The lowest BCUT2D eigenvalue weighted by atomic mass is 9.97. The Bertz CT molecular complexity index is 768. The van der Waals surface area contributed by atoms with Crippen LogP contribution >= 0.6 is 27.5 Å².